The Bertz CT molecular complexity index is 322. The van der Waals surface area contributed by atoms with Gasteiger partial charge in [-0.05, 0) is 38.1 Å². The van der Waals surface area contributed by atoms with Crippen molar-refractivity contribution < 1.29 is 4.42 Å². The van der Waals surface area contributed by atoms with Gasteiger partial charge >= 0.3 is 0 Å². The maximum absolute atomic E-state index is 5.81. The van der Waals surface area contributed by atoms with Gasteiger partial charge in [0, 0.05) is 6.54 Å². The Morgan fingerprint density at radius 1 is 1.28 bits per heavy atom. The van der Waals surface area contributed by atoms with Gasteiger partial charge in [0.25, 0.3) is 0 Å². The molecule has 3 nitrogen and oxygen atoms in total. The molecule has 1 N–H and O–H groups in total. The van der Waals surface area contributed by atoms with Crippen LogP contribution < -0.4 is 5.32 Å². The van der Waals surface area contributed by atoms with Crippen LogP contribution >= 0.6 is 0 Å². The van der Waals surface area contributed by atoms with Crippen LogP contribution in [0.5, 0.6) is 0 Å². The predicted molar refractivity (Wildman–Crippen MR) is 76.5 cm³/mol. The lowest BCUT2D eigenvalue weighted by atomic mass is 10.1. The molecule has 0 aromatic carbocycles. The normalized spacial score (nSPS) is 13.2. The molecule has 3 heteroatoms. The van der Waals surface area contributed by atoms with E-state index in [9.17, 15) is 0 Å². The van der Waals surface area contributed by atoms with E-state index in [1.54, 1.807) is 0 Å². The van der Waals surface area contributed by atoms with Crippen LogP contribution in [0.25, 0.3) is 0 Å². The molecule has 1 rings (SSSR count). The number of hydrogen-bond donors (Lipinski definition) is 1. The molecule has 0 amide bonds. The first-order chi connectivity index (χ1) is 8.65. The van der Waals surface area contributed by atoms with Crippen LogP contribution in [0.3, 0.4) is 0 Å². The molecule has 0 fully saturated rings. The molecule has 1 unspecified atom stereocenters. The second-order valence-corrected chi connectivity index (χ2v) is 5.25. The highest BCUT2D eigenvalue weighted by molar-refractivity contribution is 5.07. The quantitative estimate of drug-likeness (QED) is 0.684. The fourth-order valence-electron chi connectivity index (χ4n) is 1.98. The summed E-state index contributed by atoms with van der Waals surface area (Å²) in [5.41, 5.74) is 0. The first-order valence-corrected chi connectivity index (χ1v) is 7.12. The van der Waals surface area contributed by atoms with E-state index in [1.807, 2.05) is 0 Å². The molecule has 0 bridgehead atoms. The van der Waals surface area contributed by atoms with E-state index in [4.69, 9.17) is 4.42 Å². The van der Waals surface area contributed by atoms with Gasteiger partial charge in [-0.3, -0.25) is 4.90 Å². The second-order valence-electron chi connectivity index (χ2n) is 5.25. The Morgan fingerprint density at radius 3 is 2.67 bits per heavy atom. The lowest BCUT2D eigenvalue weighted by Crippen LogP contribution is -2.23. The third-order valence-corrected chi connectivity index (χ3v) is 3.19. The van der Waals surface area contributed by atoms with Crippen molar-refractivity contribution in [2.45, 2.75) is 46.7 Å². The number of furan rings is 1. The molecule has 1 heterocycles. The molecule has 0 saturated heterocycles. The van der Waals surface area contributed by atoms with Crippen LogP contribution in [0.4, 0.5) is 0 Å². The first-order valence-electron chi connectivity index (χ1n) is 7.12. The van der Waals surface area contributed by atoms with Gasteiger partial charge in [0.1, 0.15) is 11.5 Å². The average Bonchev–Trinajstić information content (AvgIpc) is 2.76. The molecule has 1 atom stereocenters. The summed E-state index contributed by atoms with van der Waals surface area (Å²) < 4.78 is 5.81. The smallest absolute Gasteiger partial charge is 0.118 e. The summed E-state index contributed by atoms with van der Waals surface area (Å²) in [4.78, 5) is 2.33. The fraction of sp³-hybridized carbons (Fsp3) is 0.733. The fourth-order valence-corrected chi connectivity index (χ4v) is 1.98. The Morgan fingerprint density at radius 2 is 2.00 bits per heavy atom. The van der Waals surface area contributed by atoms with Crippen LogP contribution in [0.15, 0.2) is 16.5 Å². The maximum Gasteiger partial charge on any atom is 0.118 e. The van der Waals surface area contributed by atoms with Crippen molar-refractivity contribution in [3.8, 4) is 0 Å². The van der Waals surface area contributed by atoms with Crippen molar-refractivity contribution in [2.75, 3.05) is 20.1 Å². The van der Waals surface area contributed by atoms with Crippen LogP contribution in [0.2, 0.25) is 0 Å². The van der Waals surface area contributed by atoms with E-state index < -0.39 is 0 Å². The van der Waals surface area contributed by atoms with Gasteiger partial charge in [0.05, 0.1) is 13.1 Å². The molecular weight excluding hydrogens is 224 g/mol. The topological polar surface area (TPSA) is 28.4 Å². The summed E-state index contributed by atoms with van der Waals surface area (Å²) in [6.45, 7) is 10.6. The first kappa shape index (κ1) is 15.3. The molecule has 1 aromatic rings. The highest BCUT2D eigenvalue weighted by Crippen LogP contribution is 2.11. The van der Waals surface area contributed by atoms with E-state index >= 15 is 0 Å². The molecule has 0 spiro atoms. The molecule has 0 aliphatic carbocycles. The Labute approximate surface area is 112 Å². The largest absolute Gasteiger partial charge is 0.463 e. The molecule has 0 saturated carbocycles. The summed E-state index contributed by atoms with van der Waals surface area (Å²) in [7, 11) is 2.16. The lowest BCUT2D eigenvalue weighted by Gasteiger charge is -2.19. The second kappa shape index (κ2) is 8.33. The van der Waals surface area contributed by atoms with E-state index in [0.717, 1.165) is 50.0 Å². The Kier molecular flexibility index (Phi) is 7.06. The maximum atomic E-state index is 5.81. The SMILES string of the molecule is CCCNCc1ccc(CN(C)CC(C)CC)o1. The minimum absolute atomic E-state index is 0.746. The van der Waals surface area contributed by atoms with Crippen molar-refractivity contribution >= 4 is 0 Å². The van der Waals surface area contributed by atoms with Crippen molar-refractivity contribution in [2.24, 2.45) is 5.92 Å². The molecule has 18 heavy (non-hydrogen) atoms. The molecule has 0 aliphatic rings. The molecule has 104 valence electrons. The number of nitrogens with one attached hydrogen (secondary N) is 1. The van der Waals surface area contributed by atoms with E-state index in [0.29, 0.717) is 0 Å². The highest BCUT2D eigenvalue weighted by Gasteiger charge is 2.08. The molecule has 0 radical (unpaired) electrons. The van der Waals surface area contributed by atoms with Gasteiger partial charge in [0.2, 0.25) is 0 Å². The third-order valence-electron chi connectivity index (χ3n) is 3.19. The van der Waals surface area contributed by atoms with Gasteiger partial charge in [-0.1, -0.05) is 27.2 Å². The van der Waals surface area contributed by atoms with Crippen molar-refractivity contribution in [3.05, 3.63) is 23.7 Å². The van der Waals surface area contributed by atoms with Crippen molar-refractivity contribution in [1.29, 1.82) is 0 Å². The highest BCUT2D eigenvalue weighted by atomic mass is 16.3. The Balaban J connectivity index is 2.34. The lowest BCUT2D eigenvalue weighted by molar-refractivity contribution is 0.251. The summed E-state index contributed by atoms with van der Waals surface area (Å²) >= 11 is 0. The van der Waals surface area contributed by atoms with Gasteiger partial charge in [-0.25, -0.2) is 0 Å². The monoisotopic (exact) mass is 252 g/mol. The minimum Gasteiger partial charge on any atom is -0.463 e. The van der Waals surface area contributed by atoms with Crippen LogP contribution in [0, 0.1) is 5.92 Å². The Hall–Kier alpha value is -0.800. The summed E-state index contributed by atoms with van der Waals surface area (Å²) in [6, 6.07) is 4.17. The standard InChI is InChI=1S/C15H28N2O/c1-5-9-16-10-14-7-8-15(18-14)12-17(4)11-13(3)6-2/h7-8,13,16H,5-6,9-12H2,1-4H3. The number of rotatable bonds is 9. The van der Waals surface area contributed by atoms with E-state index in [1.165, 1.54) is 6.42 Å². The van der Waals surface area contributed by atoms with Crippen molar-refractivity contribution in [1.82, 2.24) is 10.2 Å². The van der Waals surface area contributed by atoms with E-state index in [-0.39, 0.29) is 0 Å². The van der Waals surface area contributed by atoms with E-state index in [2.05, 4.69) is 50.2 Å². The zero-order chi connectivity index (χ0) is 13.4. The predicted octanol–water partition coefficient (Wildman–Crippen LogP) is 3.26. The minimum atomic E-state index is 0.746. The van der Waals surface area contributed by atoms with Crippen molar-refractivity contribution in [3.63, 3.8) is 0 Å². The van der Waals surface area contributed by atoms with Gasteiger partial charge in [-0.2, -0.15) is 0 Å². The van der Waals surface area contributed by atoms with Gasteiger partial charge < -0.3 is 9.73 Å². The summed E-state index contributed by atoms with van der Waals surface area (Å²) in [6.07, 6.45) is 2.39. The number of hydrogen-bond acceptors (Lipinski definition) is 3. The zero-order valence-corrected chi connectivity index (χ0v) is 12.3. The summed E-state index contributed by atoms with van der Waals surface area (Å²) in [5, 5.41) is 3.35. The number of nitrogens with zero attached hydrogens (tertiary/aromatic N) is 1. The van der Waals surface area contributed by atoms with Gasteiger partial charge in [-0.15, -0.1) is 0 Å². The van der Waals surface area contributed by atoms with Gasteiger partial charge in [0.15, 0.2) is 0 Å². The third kappa shape index (κ3) is 5.69. The molecular formula is C15H28N2O. The average molecular weight is 252 g/mol. The van der Waals surface area contributed by atoms with Crippen LogP contribution in [-0.4, -0.2) is 25.0 Å². The van der Waals surface area contributed by atoms with Crippen LogP contribution in [-0.2, 0) is 13.1 Å². The van der Waals surface area contributed by atoms with Crippen LogP contribution in [0.1, 0.15) is 45.1 Å². The molecule has 1 aromatic heterocycles. The summed E-state index contributed by atoms with van der Waals surface area (Å²) in [5.74, 6) is 2.85. The zero-order valence-electron chi connectivity index (χ0n) is 12.3. The molecule has 0 aliphatic heterocycles.